The number of carbonyl (C=O) groups is 2. The molecule has 0 saturated heterocycles. The standard InChI is InChI=1S/C17H15Cl2N5O3/c1-10-21-16(11-4-5-13(18)14(19)7-11)24(23-10)9-15(25)22-17(26)20-8-12-3-2-6-27-12/h2-7H,8-9H2,1H3,(H2,20,22,25,26). The first-order chi connectivity index (χ1) is 12.9. The Kier molecular flexibility index (Phi) is 5.78. The Labute approximate surface area is 164 Å². The molecule has 8 nitrogen and oxygen atoms in total. The summed E-state index contributed by atoms with van der Waals surface area (Å²) in [6.07, 6.45) is 1.50. The maximum Gasteiger partial charge on any atom is 0.321 e. The lowest BCUT2D eigenvalue weighted by Crippen LogP contribution is -2.40. The lowest BCUT2D eigenvalue weighted by atomic mass is 10.2. The highest BCUT2D eigenvalue weighted by molar-refractivity contribution is 6.42. The van der Waals surface area contributed by atoms with E-state index >= 15 is 0 Å². The van der Waals surface area contributed by atoms with Gasteiger partial charge in [-0.2, -0.15) is 5.10 Å². The average molecular weight is 408 g/mol. The number of hydrogen-bond acceptors (Lipinski definition) is 5. The monoisotopic (exact) mass is 407 g/mol. The molecule has 1 aromatic carbocycles. The Bertz CT molecular complexity index is 969. The summed E-state index contributed by atoms with van der Waals surface area (Å²) in [5.41, 5.74) is 0.653. The molecule has 0 saturated carbocycles. The Hall–Kier alpha value is -2.84. The van der Waals surface area contributed by atoms with Crippen molar-refractivity contribution in [3.8, 4) is 11.4 Å². The highest BCUT2D eigenvalue weighted by Gasteiger charge is 2.16. The largest absolute Gasteiger partial charge is 0.467 e. The summed E-state index contributed by atoms with van der Waals surface area (Å²) in [6.45, 7) is 1.68. The molecule has 3 rings (SSSR count). The molecule has 0 atom stereocenters. The Morgan fingerprint density at radius 3 is 2.74 bits per heavy atom. The normalized spacial score (nSPS) is 10.6. The van der Waals surface area contributed by atoms with Crippen LogP contribution in [0.1, 0.15) is 11.6 Å². The van der Waals surface area contributed by atoms with Crippen molar-refractivity contribution in [1.82, 2.24) is 25.4 Å². The van der Waals surface area contributed by atoms with E-state index in [0.29, 0.717) is 33.0 Å². The third-order valence-corrected chi connectivity index (χ3v) is 4.24. The van der Waals surface area contributed by atoms with Crippen LogP contribution in [0.3, 0.4) is 0 Å². The van der Waals surface area contributed by atoms with Crippen LogP contribution in [-0.2, 0) is 17.9 Å². The van der Waals surface area contributed by atoms with Gasteiger partial charge in [-0.25, -0.2) is 14.5 Å². The van der Waals surface area contributed by atoms with E-state index < -0.39 is 11.9 Å². The molecule has 0 bridgehead atoms. The van der Waals surface area contributed by atoms with Crippen LogP contribution in [0.2, 0.25) is 10.0 Å². The first-order valence-electron chi connectivity index (χ1n) is 7.89. The van der Waals surface area contributed by atoms with Crippen LogP contribution in [0.25, 0.3) is 11.4 Å². The summed E-state index contributed by atoms with van der Waals surface area (Å²) < 4.78 is 6.49. The zero-order valence-corrected chi connectivity index (χ0v) is 15.7. The maximum atomic E-state index is 12.2. The predicted molar refractivity (Wildman–Crippen MR) is 99.3 cm³/mol. The zero-order valence-electron chi connectivity index (χ0n) is 14.2. The van der Waals surface area contributed by atoms with Gasteiger partial charge in [-0.3, -0.25) is 10.1 Å². The minimum absolute atomic E-state index is 0.170. The second-order valence-electron chi connectivity index (χ2n) is 5.58. The van der Waals surface area contributed by atoms with Gasteiger partial charge in [0.05, 0.1) is 22.9 Å². The molecule has 2 heterocycles. The molecule has 0 aliphatic carbocycles. The van der Waals surface area contributed by atoms with Gasteiger partial charge in [0, 0.05) is 5.56 Å². The lowest BCUT2D eigenvalue weighted by Gasteiger charge is -2.08. The van der Waals surface area contributed by atoms with Gasteiger partial charge in [0.15, 0.2) is 5.82 Å². The third-order valence-electron chi connectivity index (χ3n) is 3.51. The number of carbonyl (C=O) groups excluding carboxylic acids is 2. The number of aromatic nitrogens is 3. The molecule has 27 heavy (non-hydrogen) atoms. The zero-order chi connectivity index (χ0) is 19.4. The van der Waals surface area contributed by atoms with E-state index in [1.54, 1.807) is 37.3 Å². The number of hydrogen-bond donors (Lipinski definition) is 2. The van der Waals surface area contributed by atoms with Crippen molar-refractivity contribution in [2.45, 2.75) is 20.0 Å². The second kappa shape index (κ2) is 8.24. The number of rotatable bonds is 5. The summed E-state index contributed by atoms with van der Waals surface area (Å²) >= 11 is 12.0. The Morgan fingerprint density at radius 1 is 1.22 bits per heavy atom. The molecule has 2 N–H and O–H groups in total. The Balaban J connectivity index is 1.65. The molecular formula is C17H15Cl2N5O3. The maximum absolute atomic E-state index is 12.2. The topological polar surface area (TPSA) is 102 Å². The molecule has 3 aromatic rings. The highest BCUT2D eigenvalue weighted by Crippen LogP contribution is 2.27. The number of benzene rings is 1. The van der Waals surface area contributed by atoms with Crippen LogP contribution < -0.4 is 10.6 Å². The highest BCUT2D eigenvalue weighted by atomic mass is 35.5. The molecular weight excluding hydrogens is 393 g/mol. The van der Waals surface area contributed by atoms with Crippen LogP contribution in [0.5, 0.6) is 0 Å². The van der Waals surface area contributed by atoms with Gasteiger partial charge < -0.3 is 9.73 Å². The van der Waals surface area contributed by atoms with Crippen molar-refractivity contribution in [3.05, 3.63) is 58.2 Å². The van der Waals surface area contributed by atoms with Gasteiger partial charge in [-0.05, 0) is 37.3 Å². The quantitative estimate of drug-likeness (QED) is 0.675. The molecule has 3 amide bonds. The molecule has 140 valence electrons. The third kappa shape index (κ3) is 4.87. The number of nitrogens with zero attached hydrogens (tertiary/aromatic N) is 3. The number of halogens is 2. The van der Waals surface area contributed by atoms with Gasteiger partial charge in [0.25, 0.3) is 0 Å². The van der Waals surface area contributed by atoms with E-state index in [2.05, 4.69) is 20.7 Å². The smallest absolute Gasteiger partial charge is 0.321 e. The van der Waals surface area contributed by atoms with Crippen molar-refractivity contribution >= 4 is 35.1 Å². The minimum atomic E-state index is -0.635. The summed E-state index contributed by atoms with van der Waals surface area (Å²) in [5, 5.41) is 9.73. The molecule has 0 aliphatic rings. The molecule has 10 heteroatoms. The first kappa shape index (κ1) is 18.9. The van der Waals surface area contributed by atoms with Crippen molar-refractivity contribution in [1.29, 1.82) is 0 Å². The number of aryl methyl sites for hydroxylation is 1. The summed E-state index contributed by atoms with van der Waals surface area (Å²) in [5.74, 6) is 0.952. The average Bonchev–Trinajstić information content (AvgIpc) is 3.25. The molecule has 0 unspecified atom stereocenters. The van der Waals surface area contributed by atoms with E-state index in [-0.39, 0.29) is 13.1 Å². The van der Waals surface area contributed by atoms with E-state index in [9.17, 15) is 9.59 Å². The van der Waals surface area contributed by atoms with Crippen LogP contribution >= 0.6 is 23.2 Å². The minimum Gasteiger partial charge on any atom is -0.467 e. The SMILES string of the molecule is Cc1nc(-c2ccc(Cl)c(Cl)c2)n(CC(=O)NC(=O)NCc2ccco2)n1. The van der Waals surface area contributed by atoms with Crippen molar-refractivity contribution in [2.24, 2.45) is 0 Å². The lowest BCUT2D eigenvalue weighted by molar-refractivity contribution is -0.120. The van der Waals surface area contributed by atoms with E-state index in [1.807, 2.05) is 0 Å². The van der Waals surface area contributed by atoms with Crippen LogP contribution in [0.15, 0.2) is 41.0 Å². The number of amides is 3. The summed E-state index contributed by atoms with van der Waals surface area (Å²) in [7, 11) is 0. The van der Waals surface area contributed by atoms with Crippen LogP contribution in [0.4, 0.5) is 4.79 Å². The van der Waals surface area contributed by atoms with Gasteiger partial charge in [-0.1, -0.05) is 23.2 Å². The molecule has 0 spiro atoms. The first-order valence-corrected chi connectivity index (χ1v) is 8.65. The van der Waals surface area contributed by atoms with E-state index in [4.69, 9.17) is 27.6 Å². The van der Waals surface area contributed by atoms with Gasteiger partial charge in [0.1, 0.15) is 18.1 Å². The fourth-order valence-corrected chi connectivity index (χ4v) is 2.64. The van der Waals surface area contributed by atoms with E-state index in [1.165, 1.54) is 10.9 Å². The van der Waals surface area contributed by atoms with Crippen molar-refractivity contribution in [2.75, 3.05) is 0 Å². The number of imide groups is 1. The van der Waals surface area contributed by atoms with Crippen molar-refractivity contribution < 1.29 is 14.0 Å². The summed E-state index contributed by atoms with van der Waals surface area (Å²) in [4.78, 5) is 28.3. The fourth-order valence-electron chi connectivity index (χ4n) is 2.34. The molecule has 2 aromatic heterocycles. The summed E-state index contributed by atoms with van der Waals surface area (Å²) in [6, 6.07) is 7.78. The predicted octanol–water partition coefficient (Wildman–Crippen LogP) is 3.18. The van der Waals surface area contributed by atoms with Crippen molar-refractivity contribution in [3.63, 3.8) is 0 Å². The fraction of sp³-hybridized carbons (Fsp3) is 0.176. The van der Waals surface area contributed by atoms with Gasteiger partial charge in [0.2, 0.25) is 5.91 Å². The number of furan rings is 1. The van der Waals surface area contributed by atoms with Crippen LogP contribution in [0, 0.1) is 6.92 Å². The van der Waals surface area contributed by atoms with E-state index in [0.717, 1.165) is 0 Å². The number of nitrogens with one attached hydrogen (secondary N) is 2. The molecule has 0 aliphatic heterocycles. The molecule has 0 fully saturated rings. The number of urea groups is 1. The Morgan fingerprint density at radius 2 is 2.04 bits per heavy atom. The van der Waals surface area contributed by atoms with Gasteiger partial charge >= 0.3 is 6.03 Å². The second-order valence-corrected chi connectivity index (χ2v) is 6.39. The van der Waals surface area contributed by atoms with Gasteiger partial charge in [-0.15, -0.1) is 0 Å². The van der Waals surface area contributed by atoms with Crippen LogP contribution in [-0.4, -0.2) is 26.7 Å². The molecule has 0 radical (unpaired) electrons.